The van der Waals surface area contributed by atoms with Crippen LogP contribution < -0.4 is 17.0 Å². The zero-order valence-corrected chi connectivity index (χ0v) is 23.6. The average Bonchev–Trinajstić information content (AvgIpc) is 3.70. The van der Waals surface area contributed by atoms with Gasteiger partial charge in [0.1, 0.15) is 42.8 Å². The summed E-state index contributed by atoms with van der Waals surface area (Å²) >= 11 is 4.85. The lowest BCUT2D eigenvalue weighted by Crippen LogP contribution is -2.44. The second-order valence-electron chi connectivity index (χ2n) is 9.35. The Labute approximate surface area is 241 Å². The van der Waals surface area contributed by atoms with Gasteiger partial charge in [0.15, 0.2) is 28.1 Å². The van der Waals surface area contributed by atoms with Crippen LogP contribution in [0.1, 0.15) is 5.37 Å². The number of nitrogen functional groups attached to an aromatic ring is 2. The van der Waals surface area contributed by atoms with Crippen molar-refractivity contribution in [2.45, 2.75) is 40.9 Å². The number of ether oxygens (including phenoxy) is 1. The van der Waals surface area contributed by atoms with E-state index in [4.69, 9.17) is 25.3 Å². The molecule has 6 heterocycles. The first-order valence-electron chi connectivity index (χ1n) is 12.0. The van der Waals surface area contributed by atoms with E-state index in [1.54, 1.807) is 0 Å². The maximum atomic E-state index is 15.9. The SMILES string of the molecule is Nc1nc2c(ncn2[C@@H]2S[C@H](CO)[C@H](F)[C@H]2OP(=O)(S)OC[C@H]2OCC(F)(n3nnc4c(N)ncnc43)[C@@H]2O)c(=O)[nH]1. The Hall–Kier alpha value is -2.98. The highest BCUT2D eigenvalue weighted by molar-refractivity contribution is 8.44. The van der Waals surface area contributed by atoms with E-state index in [1.165, 1.54) is 10.9 Å². The number of aromatic nitrogens is 9. The lowest BCUT2D eigenvalue weighted by Gasteiger charge is -2.26. The van der Waals surface area contributed by atoms with Crippen molar-refractivity contribution >= 4 is 64.9 Å². The fourth-order valence-corrected chi connectivity index (χ4v) is 7.63. The van der Waals surface area contributed by atoms with E-state index < -0.39 is 73.1 Å². The number of aliphatic hydroxyl groups is 2. The van der Waals surface area contributed by atoms with Crippen LogP contribution in [0.2, 0.25) is 0 Å². The van der Waals surface area contributed by atoms with E-state index in [0.717, 1.165) is 18.1 Å². The Bertz CT molecular complexity index is 1760. The van der Waals surface area contributed by atoms with Crippen molar-refractivity contribution in [2.24, 2.45) is 0 Å². The van der Waals surface area contributed by atoms with Gasteiger partial charge in [0.05, 0.1) is 24.8 Å². The molecule has 0 amide bonds. The molecule has 2 saturated heterocycles. The Kier molecular flexibility index (Phi) is 7.37. The molecule has 2 aliphatic heterocycles. The zero-order valence-electron chi connectivity index (χ0n) is 21.0. The van der Waals surface area contributed by atoms with Crippen LogP contribution in [-0.2, 0) is 24.1 Å². The molecule has 0 radical (unpaired) electrons. The summed E-state index contributed by atoms with van der Waals surface area (Å²) in [6.45, 7) is -6.44. The number of rotatable bonds is 8. The van der Waals surface area contributed by atoms with Crippen molar-refractivity contribution < 1.29 is 37.3 Å². The van der Waals surface area contributed by atoms with Crippen LogP contribution in [0.4, 0.5) is 20.5 Å². The van der Waals surface area contributed by atoms with Gasteiger partial charge in [-0.25, -0.2) is 28.3 Å². The summed E-state index contributed by atoms with van der Waals surface area (Å²) in [5, 5.41) is 25.8. The first-order valence-corrected chi connectivity index (χ1v) is 15.7. The van der Waals surface area contributed by atoms with Crippen LogP contribution >= 0.6 is 30.8 Å². The highest BCUT2D eigenvalue weighted by atomic mass is 32.7. The van der Waals surface area contributed by atoms with Gasteiger partial charge in [-0.05, 0) is 0 Å². The minimum absolute atomic E-state index is 0.00233. The van der Waals surface area contributed by atoms with Crippen LogP contribution in [0.3, 0.4) is 0 Å². The smallest absolute Gasteiger partial charge is 0.386 e. The summed E-state index contributed by atoms with van der Waals surface area (Å²) < 4.78 is 62.7. The zero-order chi connectivity index (χ0) is 30.0. The predicted octanol–water partition coefficient (Wildman–Crippen LogP) is -0.715. The molecule has 2 fully saturated rings. The maximum absolute atomic E-state index is 15.9. The number of nitrogens with one attached hydrogen (secondary N) is 1. The molecule has 42 heavy (non-hydrogen) atoms. The molecule has 0 aromatic carbocycles. The topological polar surface area (TPSA) is 257 Å². The fraction of sp³-hybridized carbons (Fsp3) is 0.526. The van der Waals surface area contributed by atoms with E-state index >= 15 is 8.78 Å². The Balaban J connectivity index is 1.19. The number of halogens is 2. The molecule has 0 bridgehead atoms. The molecular weight excluding hydrogens is 627 g/mol. The van der Waals surface area contributed by atoms with Crippen LogP contribution in [0.5, 0.6) is 0 Å². The van der Waals surface area contributed by atoms with E-state index in [1.807, 2.05) is 0 Å². The molecule has 23 heteroatoms. The Morgan fingerprint density at radius 2 is 2.10 bits per heavy atom. The van der Waals surface area contributed by atoms with Gasteiger partial charge < -0.3 is 26.4 Å². The van der Waals surface area contributed by atoms with E-state index in [2.05, 4.69) is 47.5 Å². The number of aromatic amines is 1. The van der Waals surface area contributed by atoms with Crippen molar-refractivity contribution in [3.8, 4) is 0 Å². The molecule has 6 rings (SSSR count). The number of thiol groups is 1. The van der Waals surface area contributed by atoms with Crippen molar-refractivity contribution in [2.75, 3.05) is 31.3 Å². The van der Waals surface area contributed by atoms with Crippen molar-refractivity contribution in [3.63, 3.8) is 0 Å². The second-order valence-corrected chi connectivity index (χ2v) is 13.6. The molecule has 226 valence electrons. The number of aliphatic hydroxyl groups excluding tert-OH is 2. The molecule has 4 aromatic rings. The van der Waals surface area contributed by atoms with Crippen LogP contribution in [-0.4, -0.2) is 104 Å². The number of nitrogens with zero attached hydrogens (tertiary/aromatic N) is 8. The van der Waals surface area contributed by atoms with Gasteiger partial charge in [-0.15, -0.1) is 16.9 Å². The van der Waals surface area contributed by atoms with Crippen molar-refractivity contribution in [1.82, 2.24) is 44.5 Å². The molecule has 7 N–H and O–H groups in total. The van der Waals surface area contributed by atoms with E-state index in [0.29, 0.717) is 4.68 Å². The van der Waals surface area contributed by atoms with Gasteiger partial charge in [0.25, 0.3) is 11.4 Å². The van der Waals surface area contributed by atoms with Gasteiger partial charge in [-0.1, -0.05) is 17.5 Å². The molecule has 18 nitrogen and oxygen atoms in total. The van der Waals surface area contributed by atoms with Gasteiger partial charge in [0, 0.05) is 0 Å². The van der Waals surface area contributed by atoms with E-state index in [9.17, 15) is 19.6 Å². The summed E-state index contributed by atoms with van der Waals surface area (Å²) in [5.41, 5.74) is 10.5. The number of imidazole rings is 1. The van der Waals surface area contributed by atoms with Crippen LogP contribution in [0.15, 0.2) is 17.4 Å². The van der Waals surface area contributed by atoms with Gasteiger partial charge in [-0.3, -0.25) is 23.4 Å². The number of hydrogen-bond acceptors (Lipinski definition) is 16. The third-order valence-electron chi connectivity index (χ3n) is 6.75. The van der Waals surface area contributed by atoms with E-state index in [-0.39, 0.29) is 34.1 Å². The normalized spacial score (nSPS) is 31.3. The molecule has 8 atom stereocenters. The maximum Gasteiger partial charge on any atom is 0.386 e. The number of H-pyrrole nitrogens is 1. The fourth-order valence-electron chi connectivity index (χ4n) is 4.69. The molecule has 0 saturated carbocycles. The standard InChI is InChI=1S/C19H22F2N11O7PS2/c20-8-7(1-33)42-17(31-5-26-10-15(31)27-18(23)28-16(10)35)11(8)39-40(36,41)38-2-6-12(34)19(21,3-37-6)32-14-9(29-30-32)13(22)24-4-25-14/h4-8,11-12,17,33-34H,1-3H2,(H,36,41)(H2,22,24,25)(H3,23,27,28,35)/t6-,7-,8+,11-,12-,17-,19?,40?/m1/s1. The predicted molar refractivity (Wildman–Crippen MR) is 145 cm³/mol. The number of nitrogens with two attached hydrogens (primary N) is 2. The molecule has 4 aromatic heterocycles. The number of alkyl halides is 2. The largest absolute Gasteiger partial charge is 0.395 e. The first-order chi connectivity index (χ1) is 19.9. The number of thioether (sulfide) groups is 1. The molecule has 2 aliphatic rings. The lowest BCUT2D eigenvalue weighted by atomic mass is 10.1. The highest BCUT2D eigenvalue weighted by Gasteiger charge is 2.55. The molecular formula is C19H22F2N11O7PS2. The Morgan fingerprint density at radius 1 is 1.31 bits per heavy atom. The summed E-state index contributed by atoms with van der Waals surface area (Å²) in [6, 6.07) is 0. The minimum Gasteiger partial charge on any atom is -0.395 e. The van der Waals surface area contributed by atoms with Crippen LogP contribution in [0.25, 0.3) is 22.3 Å². The minimum atomic E-state index is -4.43. The second kappa shape index (κ2) is 10.6. The summed E-state index contributed by atoms with van der Waals surface area (Å²) in [5.74, 6) is -2.93. The summed E-state index contributed by atoms with van der Waals surface area (Å²) in [6.07, 6.45) is -4.46. The first kappa shape index (κ1) is 29.1. The molecule has 0 aliphatic carbocycles. The quantitative estimate of drug-likeness (QED) is 0.102. The molecule has 0 spiro atoms. The summed E-state index contributed by atoms with van der Waals surface area (Å²) in [7, 11) is 0. The average molecular weight is 650 g/mol. The third-order valence-corrected chi connectivity index (χ3v) is 9.90. The number of hydrogen-bond donors (Lipinski definition) is 6. The number of anilines is 2. The number of fused-ring (bicyclic) bond motifs is 2. The third kappa shape index (κ3) is 4.80. The van der Waals surface area contributed by atoms with Crippen molar-refractivity contribution in [3.05, 3.63) is 23.0 Å². The summed E-state index contributed by atoms with van der Waals surface area (Å²) in [4.78, 5) is 30.2. The van der Waals surface area contributed by atoms with Gasteiger partial charge >= 0.3 is 6.80 Å². The van der Waals surface area contributed by atoms with Crippen LogP contribution in [0, 0.1) is 0 Å². The highest BCUT2D eigenvalue weighted by Crippen LogP contribution is 2.59. The molecule has 2 unspecified atom stereocenters. The lowest BCUT2D eigenvalue weighted by molar-refractivity contribution is -0.0534. The van der Waals surface area contributed by atoms with Gasteiger partial charge in [0.2, 0.25) is 5.95 Å². The monoisotopic (exact) mass is 649 g/mol. The van der Waals surface area contributed by atoms with Gasteiger partial charge in [-0.2, -0.15) is 9.67 Å². The Morgan fingerprint density at radius 3 is 2.86 bits per heavy atom. The van der Waals surface area contributed by atoms with Crippen molar-refractivity contribution in [1.29, 1.82) is 0 Å².